The number of carbonyl (C=O) groups excluding carboxylic acids is 1. The first-order valence-corrected chi connectivity index (χ1v) is 8.30. The highest BCUT2D eigenvalue weighted by molar-refractivity contribution is 7.13. The molecular formula is C14H24N4OS. The van der Waals surface area contributed by atoms with Gasteiger partial charge in [0.25, 0.3) is 0 Å². The van der Waals surface area contributed by atoms with E-state index < -0.39 is 6.04 Å². The summed E-state index contributed by atoms with van der Waals surface area (Å²) in [4.78, 5) is 18.7. The summed E-state index contributed by atoms with van der Waals surface area (Å²) in [6.45, 7) is 5.21. The number of aromatic nitrogens is 1. The van der Waals surface area contributed by atoms with Crippen LogP contribution in [0.1, 0.15) is 44.7 Å². The van der Waals surface area contributed by atoms with Crippen LogP contribution in [-0.2, 0) is 11.3 Å². The lowest BCUT2D eigenvalue weighted by molar-refractivity contribution is -0.117. The molecule has 20 heavy (non-hydrogen) atoms. The number of carbonyl (C=O) groups is 1. The maximum Gasteiger partial charge on any atom is 0.243 e. The second-order valence-corrected chi connectivity index (χ2v) is 6.22. The Morgan fingerprint density at radius 1 is 1.50 bits per heavy atom. The third-order valence-corrected chi connectivity index (χ3v) is 4.36. The molecule has 1 amide bonds. The SMILES string of the molecule is CCCC(N)C(=O)Nc1nc(CN2CCCCC2)cs1. The number of thiazole rings is 1. The lowest BCUT2D eigenvalue weighted by atomic mass is 10.1. The minimum Gasteiger partial charge on any atom is -0.320 e. The van der Waals surface area contributed by atoms with Crippen molar-refractivity contribution < 1.29 is 4.79 Å². The molecule has 0 aromatic carbocycles. The molecule has 5 nitrogen and oxygen atoms in total. The minimum atomic E-state index is -0.436. The summed E-state index contributed by atoms with van der Waals surface area (Å²) >= 11 is 1.48. The van der Waals surface area contributed by atoms with Gasteiger partial charge in [-0.1, -0.05) is 19.8 Å². The van der Waals surface area contributed by atoms with Crippen LogP contribution >= 0.6 is 11.3 Å². The van der Waals surface area contributed by atoms with Gasteiger partial charge in [-0.3, -0.25) is 9.69 Å². The summed E-state index contributed by atoms with van der Waals surface area (Å²) < 4.78 is 0. The van der Waals surface area contributed by atoms with Crippen molar-refractivity contribution in [3.8, 4) is 0 Å². The Hall–Kier alpha value is -0.980. The van der Waals surface area contributed by atoms with Gasteiger partial charge in [-0.25, -0.2) is 4.98 Å². The number of nitrogens with one attached hydrogen (secondary N) is 1. The van der Waals surface area contributed by atoms with Gasteiger partial charge in [0.2, 0.25) is 5.91 Å². The molecule has 1 aromatic heterocycles. The number of likely N-dealkylation sites (tertiary alicyclic amines) is 1. The van der Waals surface area contributed by atoms with E-state index in [1.54, 1.807) is 0 Å². The molecule has 112 valence electrons. The first-order valence-electron chi connectivity index (χ1n) is 7.42. The quantitative estimate of drug-likeness (QED) is 0.844. The maximum atomic E-state index is 11.8. The van der Waals surface area contributed by atoms with E-state index in [2.05, 4.69) is 15.2 Å². The first-order chi connectivity index (χ1) is 9.69. The fraction of sp³-hybridized carbons (Fsp3) is 0.714. The van der Waals surface area contributed by atoms with Gasteiger partial charge in [-0.15, -0.1) is 11.3 Å². The Balaban J connectivity index is 1.83. The van der Waals surface area contributed by atoms with Crippen LogP contribution in [0.3, 0.4) is 0 Å². The van der Waals surface area contributed by atoms with Gasteiger partial charge in [-0.2, -0.15) is 0 Å². The van der Waals surface area contributed by atoms with E-state index in [1.165, 1.54) is 30.6 Å². The van der Waals surface area contributed by atoms with Crippen LogP contribution in [0.5, 0.6) is 0 Å². The Morgan fingerprint density at radius 2 is 2.25 bits per heavy atom. The number of hydrogen-bond donors (Lipinski definition) is 2. The van der Waals surface area contributed by atoms with Gasteiger partial charge >= 0.3 is 0 Å². The van der Waals surface area contributed by atoms with Gasteiger partial charge < -0.3 is 11.1 Å². The van der Waals surface area contributed by atoms with Crippen molar-refractivity contribution in [2.45, 2.75) is 51.6 Å². The molecule has 0 saturated carbocycles. The maximum absolute atomic E-state index is 11.8. The number of nitrogens with zero attached hydrogens (tertiary/aromatic N) is 2. The predicted molar refractivity (Wildman–Crippen MR) is 82.8 cm³/mol. The molecule has 3 N–H and O–H groups in total. The van der Waals surface area contributed by atoms with Gasteiger partial charge in [0.1, 0.15) is 0 Å². The Labute approximate surface area is 124 Å². The molecule has 1 aromatic rings. The van der Waals surface area contributed by atoms with Crippen molar-refractivity contribution in [1.82, 2.24) is 9.88 Å². The van der Waals surface area contributed by atoms with Crippen LogP contribution in [0.25, 0.3) is 0 Å². The van der Waals surface area contributed by atoms with E-state index in [-0.39, 0.29) is 5.91 Å². The zero-order valence-electron chi connectivity index (χ0n) is 12.1. The molecule has 1 unspecified atom stereocenters. The molecule has 6 heteroatoms. The molecule has 1 aliphatic rings. The van der Waals surface area contributed by atoms with Gasteiger partial charge in [0.15, 0.2) is 5.13 Å². The van der Waals surface area contributed by atoms with E-state index >= 15 is 0 Å². The smallest absolute Gasteiger partial charge is 0.243 e. The third-order valence-electron chi connectivity index (χ3n) is 3.55. The van der Waals surface area contributed by atoms with Gasteiger partial charge in [-0.05, 0) is 32.4 Å². The Morgan fingerprint density at radius 3 is 2.95 bits per heavy atom. The standard InChI is InChI=1S/C14H24N4OS/c1-2-6-12(15)13(19)17-14-16-11(10-20-14)9-18-7-4-3-5-8-18/h10,12H,2-9,15H2,1H3,(H,16,17,19). The van der Waals surface area contributed by atoms with Crippen LogP contribution in [0.2, 0.25) is 0 Å². The number of amides is 1. The van der Waals surface area contributed by atoms with Crippen molar-refractivity contribution in [3.63, 3.8) is 0 Å². The molecular weight excluding hydrogens is 272 g/mol. The molecule has 2 heterocycles. The Bertz CT molecular complexity index is 429. The zero-order chi connectivity index (χ0) is 14.4. The average Bonchev–Trinajstić information content (AvgIpc) is 2.87. The summed E-state index contributed by atoms with van der Waals surface area (Å²) in [5, 5.41) is 5.49. The largest absolute Gasteiger partial charge is 0.320 e. The molecule has 1 aliphatic heterocycles. The number of hydrogen-bond acceptors (Lipinski definition) is 5. The molecule has 1 fully saturated rings. The van der Waals surface area contributed by atoms with Crippen LogP contribution in [-0.4, -0.2) is 34.9 Å². The fourth-order valence-corrected chi connectivity index (χ4v) is 3.13. The van der Waals surface area contributed by atoms with Gasteiger partial charge in [0, 0.05) is 11.9 Å². The summed E-state index contributed by atoms with van der Waals surface area (Å²) in [6.07, 6.45) is 5.51. The van der Waals surface area contributed by atoms with Crippen molar-refractivity contribution in [3.05, 3.63) is 11.1 Å². The average molecular weight is 296 g/mol. The lowest BCUT2D eigenvalue weighted by Gasteiger charge is -2.25. The van der Waals surface area contributed by atoms with Crippen LogP contribution in [0.15, 0.2) is 5.38 Å². The minimum absolute atomic E-state index is 0.134. The zero-order valence-corrected chi connectivity index (χ0v) is 12.9. The van der Waals surface area contributed by atoms with Gasteiger partial charge in [0.05, 0.1) is 11.7 Å². The molecule has 0 bridgehead atoms. The Kier molecular flexibility index (Phi) is 5.94. The fourth-order valence-electron chi connectivity index (χ4n) is 2.42. The van der Waals surface area contributed by atoms with E-state index in [4.69, 9.17) is 5.73 Å². The predicted octanol–water partition coefficient (Wildman–Crippen LogP) is 2.19. The van der Waals surface area contributed by atoms with Crippen LogP contribution < -0.4 is 11.1 Å². The summed E-state index contributed by atoms with van der Waals surface area (Å²) in [7, 11) is 0. The second kappa shape index (κ2) is 7.71. The topological polar surface area (TPSA) is 71.2 Å². The van der Waals surface area contributed by atoms with Crippen molar-refractivity contribution in [2.75, 3.05) is 18.4 Å². The highest BCUT2D eigenvalue weighted by atomic mass is 32.1. The molecule has 0 radical (unpaired) electrons. The third kappa shape index (κ3) is 4.54. The number of piperidine rings is 1. The van der Waals surface area contributed by atoms with E-state index in [9.17, 15) is 4.79 Å². The second-order valence-electron chi connectivity index (χ2n) is 5.37. The highest BCUT2D eigenvalue weighted by Crippen LogP contribution is 2.19. The molecule has 0 aliphatic carbocycles. The van der Waals surface area contributed by atoms with Crippen molar-refractivity contribution >= 4 is 22.4 Å². The highest BCUT2D eigenvalue weighted by Gasteiger charge is 2.15. The van der Waals surface area contributed by atoms with E-state index in [0.29, 0.717) is 11.6 Å². The monoisotopic (exact) mass is 296 g/mol. The summed E-state index contributed by atoms with van der Waals surface area (Å²) in [5.41, 5.74) is 6.83. The first kappa shape index (κ1) is 15.4. The summed E-state index contributed by atoms with van der Waals surface area (Å²) in [5.74, 6) is -0.134. The number of rotatable bonds is 6. The van der Waals surface area contributed by atoms with Crippen molar-refractivity contribution in [1.29, 1.82) is 0 Å². The van der Waals surface area contributed by atoms with E-state index in [1.807, 2.05) is 12.3 Å². The number of nitrogens with two attached hydrogens (primary N) is 1. The normalized spacial score (nSPS) is 17.9. The van der Waals surface area contributed by atoms with Crippen LogP contribution in [0.4, 0.5) is 5.13 Å². The van der Waals surface area contributed by atoms with Crippen LogP contribution in [0, 0.1) is 0 Å². The molecule has 1 saturated heterocycles. The van der Waals surface area contributed by atoms with Crippen molar-refractivity contribution in [2.24, 2.45) is 5.73 Å². The summed E-state index contributed by atoms with van der Waals surface area (Å²) in [6, 6.07) is -0.436. The van der Waals surface area contributed by atoms with E-state index in [0.717, 1.165) is 31.7 Å². The number of anilines is 1. The lowest BCUT2D eigenvalue weighted by Crippen LogP contribution is -2.35. The molecule has 1 atom stereocenters. The molecule has 2 rings (SSSR count). The molecule has 0 spiro atoms.